The maximum Gasteiger partial charge on any atom is 0.298 e. The Kier molecular flexibility index (Phi) is 4.48. The molecule has 0 amide bonds. The number of ether oxygens (including phenoxy) is 1. The molecule has 1 aromatic carbocycles. The molecule has 0 bridgehead atoms. The van der Waals surface area contributed by atoms with Crippen LogP contribution in [0.15, 0.2) is 29.1 Å². The molecule has 3 heterocycles. The van der Waals surface area contributed by atoms with Gasteiger partial charge in [0.25, 0.3) is 5.56 Å². The van der Waals surface area contributed by atoms with Gasteiger partial charge in [0.15, 0.2) is 5.52 Å². The Balaban J connectivity index is 1.78. The van der Waals surface area contributed by atoms with Crippen LogP contribution in [0.5, 0.6) is 0 Å². The predicted molar refractivity (Wildman–Crippen MR) is 90.1 cm³/mol. The summed E-state index contributed by atoms with van der Waals surface area (Å²) in [6.07, 6.45) is 1.37. The molecule has 8 nitrogen and oxygen atoms in total. The highest BCUT2D eigenvalue weighted by Gasteiger charge is 2.23. The van der Waals surface area contributed by atoms with Crippen molar-refractivity contribution in [3.05, 3.63) is 51.7 Å². The molecule has 3 aromatic rings. The van der Waals surface area contributed by atoms with E-state index in [0.29, 0.717) is 37.3 Å². The van der Waals surface area contributed by atoms with E-state index in [9.17, 15) is 14.3 Å². The van der Waals surface area contributed by atoms with Crippen molar-refractivity contribution < 1.29 is 14.2 Å². The van der Waals surface area contributed by atoms with Gasteiger partial charge in [0.2, 0.25) is 0 Å². The normalized spacial score (nSPS) is 15.6. The van der Waals surface area contributed by atoms with Gasteiger partial charge in [-0.15, -0.1) is 5.10 Å². The Hall–Kier alpha value is -2.65. The van der Waals surface area contributed by atoms with Crippen LogP contribution in [0.1, 0.15) is 30.1 Å². The summed E-state index contributed by atoms with van der Waals surface area (Å²) in [6.45, 7) is 0.858. The van der Waals surface area contributed by atoms with Crippen LogP contribution in [0.2, 0.25) is 0 Å². The third-order valence-corrected chi connectivity index (χ3v) is 4.65. The van der Waals surface area contributed by atoms with Crippen LogP contribution in [0.3, 0.4) is 0 Å². The van der Waals surface area contributed by atoms with Gasteiger partial charge in [-0.1, -0.05) is 23.4 Å². The summed E-state index contributed by atoms with van der Waals surface area (Å²) in [5, 5.41) is 22.2. The van der Waals surface area contributed by atoms with Crippen molar-refractivity contribution in [2.75, 3.05) is 13.2 Å². The number of nitrogens with zero attached hydrogens (tertiary/aromatic N) is 5. The molecule has 0 radical (unpaired) electrons. The lowest BCUT2D eigenvalue weighted by Gasteiger charge is -2.22. The molecule has 1 N–H and O–H groups in total. The average Bonchev–Trinajstić information content (AvgIpc) is 3.03. The third-order valence-electron chi connectivity index (χ3n) is 4.65. The molecule has 9 heteroatoms. The summed E-state index contributed by atoms with van der Waals surface area (Å²) in [6, 6.07) is 6.23. The van der Waals surface area contributed by atoms with E-state index in [1.165, 1.54) is 15.4 Å². The molecule has 0 aliphatic carbocycles. The third kappa shape index (κ3) is 2.89. The van der Waals surface area contributed by atoms with Crippen molar-refractivity contribution in [1.82, 2.24) is 24.8 Å². The fraction of sp³-hybridized carbons (Fsp3) is 0.412. The maximum atomic E-state index is 13.9. The second kappa shape index (κ2) is 6.93. The summed E-state index contributed by atoms with van der Waals surface area (Å²) in [5.41, 5.74) is 0.771. The van der Waals surface area contributed by atoms with Crippen LogP contribution in [0.25, 0.3) is 11.0 Å². The highest BCUT2D eigenvalue weighted by Crippen LogP contribution is 2.20. The number of benzene rings is 1. The quantitative estimate of drug-likeness (QED) is 0.747. The summed E-state index contributed by atoms with van der Waals surface area (Å²) < 4.78 is 22.0. The Morgan fingerprint density at radius 3 is 2.73 bits per heavy atom. The highest BCUT2D eigenvalue weighted by atomic mass is 19.1. The molecule has 1 aliphatic heterocycles. The number of rotatable bonds is 4. The van der Waals surface area contributed by atoms with Gasteiger partial charge in [-0.25, -0.2) is 9.07 Å². The number of fused-ring (bicyclic) bond motifs is 1. The molecule has 4 rings (SSSR count). The Morgan fingerprint density at radius 1 is 1.23 bits per heavy atom. The van der Waals surface area contributed by atoms with Crippen LogP contribution >= 0.6 is 0 Å². The first-order chi connectivity index (χ1) is 12.7. The standard InChI is InChI=1S/C17H18FN5O3/c18-13-4-2-1-3-11(13)9-22-14(10-24)15-16(20-22)17(25)23(21-19-15)12-5-7-26-8-6-12/h1-4,12,24H,5-10H2. The summed E-state index contributed by atoms with van der Waals surface area (Å²) >= 11 is 0. The molecule has 0 spiro atoms. The average molecular weight is 359 g/mol. The summed E-state index contributed by atoms with van der Waals surface area (Å²) in [7, 11) is 0. The van der Waals surface area contributed by atoms with Gasteiger partial charge in [-0.2, -0.15) is 5.10 Å². The van der Waals surface area contributed by atoms with Crippen molar-refractivity contribution in [3.63, 3.8) is 0 Å². The molecule has 1 saturated heterocycles. The van der Waals surface area contributed by atoms with Gasteiger partial charge in [-0.05, 0) is 18.9 Å². The van der Waals surface area contributed by atoms with Gasteiger partial charge in [0.05, 0.1) is 24.9 Å². The number of hydrogen-bond donors (Lipinski definition) is 1. The monoisotopic (exact) mass is 359 g/mol. The van der Waals surface area contributed by atoms with E-state index in [0.717, 1.165) is 0 Å². The minimum Gasteiger partial charge on any atom is -0.390 e. The molecular formula is C17H18FN5O3. The smallest absolute Gasteiger partial charge is 0.298 e. The van der Waals surface area contributed by atoms with E-state index >= 15 is 0 Å². The van der Waals surface area contributed by atoms with Crippen LogP contribution < -0.4 is 5.56 Å². The first kappa shape index (κ1) is 16.8. The van der Waals surface area contributed by atoms with Crippen molar-refractivity contribution in [2.24, 2.45) is 0 Å². The van der Waals surface area contributed by atoms with Crippen LogP contribution in [-0.2, 0) is 17.9 Å². The topological polar surface area (TPSA) is 95.1 Å². The van der Waals surface area contributed by atoms with Crippen molar-refractivity contribution in [3.8, 4) is 0 Å². The van der Waals surface area contributed by atoms with E-state index < -0.39 is 0 Å². The number of aliphatic hydroxyl groups excluding tert-OH is 1. The van der Waals surface area contributed by atoms with E-state index in [1.807, 2.05) is 0 Å². The molecule has 26 heavy (non-hydrogen) atoms. The second-order valence-electron chi connectivity index (χ2n) is 6.23. The fourth-order valence-electron chi connectivity index (χ4n) is 3.22. The Labute approximate surface area is 147 Å². The van der Waals surface area contributed by atoms with E-state index in [4.69, 9.17) is 4.74 Å². The minimum absolute atomic E-state index is 0.0811. The molecule has 1 aliphatic rings. The van der Waals surface area contributed by atoms with Crippen molar-refractivity contribution in [1.29, 1.82) is 0 Å². The first-order valence-corrected chi connectivity index (χ1v) is 8.46. The minimum atomic E-state index is -0.375. The lowest BCUT2D eigenvalue weighted by molar-refractivity contribution is 0.0641. The largest absolute Gasteiger partial charge is 0.390 e. The predicted octanol–water partition coefficient (Wildman–Crippen LogP) is 1.02. The lowest BCUT2D eigenvalue weighted by atomic mass is 10.1. The summed E-state index contributed by atoms with van der Waals surface area (Å²) in [4.78, 5) is 12.8. The fourth-order valence-corrected chi connectivity index (χ4v) is 3.22. The van der Waals surface area contributed by atoms with Crippen molar-refractivity contribution >= 4 is 11.0 Å². The zero-order valence-corrected chi connectivity index (χ0v) is 14.0. The first-order valence-electron chi connectivity index (χ1n) is 8.46. The van der Waals surface area contributed by atoms with Crippen LogP contribution in [-0.4, -0.2) is 43.1 Å². The van der Waals surface area contributed by atoms with Crippen LogP contribution in [0, 0.1) is 5.82 Å². The summed E-state index contributed by atoms with van der Waals surface area (Å²) in [5.74, 6) is -0.373. The molecule has 0 saturated carbocycles. The zero-order chi connectivity index (χ0) is 18.1. The Morgan fingerprint density at radius 2 is 2.00 bits per heavy atom. The van der Waals surface area contributed by atoms with Gasteiger partial charge < -0.3 is 9.84 Å². The molecule has 0 atom stereocenters. The maximum absolute atomic E-state index is 13.9. The number of aliphatic hydroxyl groups is 1. The second-order valence-corrected chi connectivity index (χ2v) is 6.23. The van der Waals surface area contributed by atoms with Crippen molar-refractivity contribution in [2.45, 2.75) is 32.0 Å². The highest BCUT2D eigenvalue weighted by molar-refractivity contribution is 5.75. The molecule has 136 valence electrons. The SMILES string of the molecule is O=c1c2nn(Cc3ccccc3F)c(CO)c2nnn1C1CCOCC1. The number of hydrogen-bond acceptors (Lipinski definition) is 6. The molecule has 1 fully saturated rings. The molecular weight excluding hydrogens is 341 g/mol. The lowest BCUT2D eigenvalue weighted by Crippen LogP contribution is -2.32. The number of halogens is 1. The number of aromatic nitrogens is 5. The van der Waals surface area contributed by atoms with Gasteiger partial charge in [0.1, 0.15) is 11.3 Å². The van der Waals surface area contributed by atoms with E-state index in [-0.39, 0.29) is 41.6 Å². The van der Waals surface area contributed by atoms with Gasteiger partial charge in [-0.3, -0.25) is 9.48 Å². The molecule has 2 aromatic heterocycles. The zero-order valence-electron chi connectivity index (χ0n) is 14.0. The van der Waals surface area contributed by atoms with Gasteiger partial charge in [0, 0.05) is 18.8 Å². The van der Waals surface area contributed by atoms with E-state index in [1.54, 1.807) is 18.2 Å². The molecule has 0 unspecified atom stereocenters. The van der Waals surface area contributed by atoms with E-state index in [2.05, 4.69) is 15.4 Å². The Bertz CT molecular complexity index is 994. The van der Waals surface area contributed by atoms with Gasteiger partial charge >= 0.3 is 0 Å². The van der Waals surface area contributed by atoms with Crippen LogP contribution in [0.4, 0.5) is 4.39 Å².